The summed E-state index contributed by atoms with van der Waals surface area (Å²) in [6.45, 7) is 5.09. The van der Waals surface area contributed by atoms with Gasteiger partial charge in [0.1, 0.15) is 0 Å². The summed E-state index contributed by atoms with van der Waals surface area (Å²) in [4.78, 5) is 13.9. The lowest BCUT2D eigenvalue weighted by atomic mass is 9.93. The fourth-order valence-corrected chi connectivity index (χ4v) is 4.31. The topological polar surface area (TPSA) is 64.5 Å². The molecule has 1 aromatic heterocycles. The highest BCUT2D eigenvalue weighted by molar-refractivity contribution is 5.43. The zero-order valence-electron chi connectivity index (χ0n) is 16.8. The zero-order chi connectivity index (χ0) is 19.3. The number of benzene rings is 1. The molecule has 0 aliphatic carbocycles. The van der Waals surface area contributed by atoms with E-state index in [0.29, 0.717) is 11.9 Å². The number of aromatic nitrogens is 2. The maximum Gasteiger partial charge on any atom is 0.228 e. The lowest BCUT2D eigenvalue weighted by Gasteiger charge is -2.32. The van der Waals surface area contributed by atoms with Crippen LogP contribution in [-0.2, 0) is 6.54 Å². The van der Waals surface area contributed by atoms with Gasteiger partial charge in [-0.05, 0) is 62.9 Å². The smallest absolute Gasteiger partial charge is 0.228 e. The Bertz CT molecular complexity index is 765. The summed E-state index contributed by atoms with van der Waals surface area (Å²) in [7, 11) is 1.95. The first kappa shape index (κ1) is 19.0. The van der Waals surface area contributed by atoms with Gasteiger partial charge >= 0.3 is 0 Å². The zero-order valence-corrected chi connectivity index (χ0v) is 16.8. The summed E-state index contributed by atoms with van der Waals surface area (Å²) in [5, 5.41) is 13.3. The van der Waals surface area contributed by atoms with Gasteiger partial charge in [-0.2, -0.15) is 4.98 Å². The summed E-state index contributed by atoms with van der Waals surface area (Å²) in [6.07, 6.45) is 5.79. The van der Waals surface area contributed by atoms with Gasteiger partial charge in [-0.25, -0.2) is 4.98 Å². The van der Waals surface area contributed by atoms with Crippen molar-refractivity contribution in [1.29, 1.82) is 0 Å². The molecule has 0 unspecified atom stereocenters. The van der Waals surface area contributed by atoms with Gasteiger partial charge in [0, 0.05) is 44.4 Å². The second kappa shape index (κ2) is 8.78. The second-order valence-corrected chi connectivity index (χ2v) is 8.00. The Balaban J connectivity index is 1.37. The minimum absolute atomic E-state index is 0.109. The molecule has 0 bridgehead atoms. The van der Waals surface area contributed by atoms with Crippen molar-refractivity contribution in [3.63, 3.8) is 0 Å². The Morgan fingerprint density at radius 2 is 1.71 bits per heavy atom. The van der Waals surface area contributed by atoms with E-state index in [1.54, 1.807) is 6.07 Å². The standard InChI is InChI=1S/C22H31N5O/c1-23-19-7-5-17(6-8-19)16-26-13-9-18(10-14-26)20-15-21(28)25-22(24-20)27-11-3-2-4-12-27/h5-8,15,18,23H,2-4,9-14,16H2,1H3,(H,24,25,28). The number of hydrogen-bond donors (Lipinski definition) is 2. The van der Waals surface area contributed by atoms with Crippen LogP contribution >= 0.6 is 0 Å². The van der Waals surface area contributed by atoms with Gasteiger partial charge < -0.3 is 15.3 Å². The predicted octanol–water partition coefficient (Wildman–Crippen LogP) is 3.59. The van der Waals surface area contributed by atoms with Gasteiger partial charge in [-0.3, -0.25) is 4.90 Å². The molecule has 3 heterocycles. The summed E-state index contributed by atoms with van der Waals surface area (Å²) in [6, 6.07) is 10.4. The van der Waals surface area contributed by atoms with Crippen molar-refractivity contribution in [2.75, 3.05) is 43.4 Å². The first-order valence-corrected chi connectivity index (χ1v) is 10.5. The highest BCUT2D eigenvalue weighted by atomic mass is 16.3. The average Bonchev–Trinajstić information content (AvgIpc) is 2.75. The molecule has 2 saturated heterocycles. The molecule has 150 valence electrons. The van der Waals surface area contributed by atoms with Crippen molar-refractivity contribution in [3.8, 4) is 5.88 Å². The highest BCUT2D eigenvalue weighted by Gasteiger charge is 2.24. The van der Waals surface area contributed by atoms with E-state index in [9.17, 15) is 5.11 Å². The fraction of sp³-hybridized carbons (Fsp3) is 0.545. The lowest BCUT2D eigenvalue weighted by molar-refractivity contribution is 0.203. The van der Waals surface area contributed by atoms with E-state index in [1.165, 1.54) is 24.8 Å². The number of anilines is 2. The molecule has 2 N–H and O–H groups in total. The molecule has 0 amide bonds. The molecule has 6 heteroatoms. The van der Waals surface area contributed by atoms with Crippen LogP contribution in [0.15, 0.2) is 30.3 Å². The molecule has 2 aromatic rings. The number of aromatic hydroxyl groups is 1. The van der Waals surface area contributed by atoms with Crippen LogP contribution in [0.4, 0.5) is 11.6 Å². The van der Waals surface area contributed by atoms with Gasteiger partial charge in [0.2, 0.25) is 11.8 Å². The maximum atomic E-state index is 10.2. The van der Waals surface area contributed by atoms with Crippen LogP contribution in [0.2, 0.25) is 0 Å². The van der Waals surface area contributed by atoms with Crippen LogP contribution < -0.4 is 10.2 Å². The second-order valence-electron chi connectivity index (χ2n) is 8.00. The molecule has 28 heavy (non-hydrogen) atoms. The molecule has 1 aromatic carbocycles. The minimum atomic E-state index is 0.109. The van der Waals surface area contributed by atoms with Gasteiger partial charge in [0.15, 0.2) is 0 Å². The third-order valence-electron chi connectivity index (χ3n) is 6.01. The summed E-state index contributed by atoms with van der Waals surface area (Å²) in [5.41, 5.74) is 3.51. The Morgan fingerprint density at radius 3 is 2.39 bits per heavy atom. The molecule has 0 saturated carbocycles. The molecule has 0 atom stereocenters. The van der Waals surface area contributed by atoms with Crippen molar-refractivity contribution >= 4 is 11.6 Å². The van der Waals surface area contributed by atoms with Crippen LogP contribution in [0, 0.1) is 0 Å². The summed E-state index contributed by atoms with van der Waals surface area (Å²) in [5.74, 6) is 1.22. The van der Waals surface area contributed by atoms with E-state index in [4.69, 9.17) is 4.98 Å². The van der Waals surface area contributed by atoms with Crippen LogP contribution in [0.3, 0.4) is 0 Å². The molecule has 0 spiro atoms. The number of hydrogen-bond acceptors (Lipinski definition) is 6. The molecule has 4 rings (SSSR count). The van der Waals surface area contributed by atoms with Crippen LogP contribution in [-0.4, -0.2) is 53.2 Å². The van der Waals surface area contributed by atoms with Crippen molar-refractivity contribution < 1.29 is 5.11 Å². The largest absolute Gasteiger partial charge is 0.493 e. The lowest BCUT2D eigenvalue weighted by Crippen LogP contribution is -2.33. The Kier molecular flexibility index (Phi) is 5.95. The third kappa shape index (κ3) is 4.55. The van der Waals surface area contributed by atoms with Gasteiger partial charge in [0.25, 0.3) is 0 Å². The van der Waals surface area contributed by atoms with E-state index in [1.807, 2.05) is 7.05 Å². The molecule has 6 nitrogen and oxygen atoms in total. The van der Waals surface area contributed by atoms with Crippen molar-refractivity contribution in [2.45, 2.75) is 44.6 Å². The van der Waals surface area contributed by atoms with E-state index < -0.39 is 0 Å². The van der Waals surface area contributed by atoms with E-state index in [2.05, 4.69) is 44.4 Å². The molecule has 2 aliphatic heterocycles. The number of nitrogens with one attached hydrogen (secondary N) is 1. The number of likely N-dealkylation sites (tertiary alicyclic amines) is 1. The van der Waals surface area contributed by atoms with E-state index in [-0.39, 0.29) is 5.88 Å². The number of nitrogens with zero attached hydrogens (tertiary/aromatic N) is 4. The van der Waals surface area contributed by atoms with Gasteiger partial charge in [-0.1, -0.05) is 12.1 Å². The number of piperidine rings is 2. The fourth-order valence-electron chi connectivity index (χ4n) is 4.31. The average molecular weight is 382 g/mol. The van der Waals surface area contributed by atoms with Crippen LogP contribution in [0.5, 0.6) is 5.88 Å². The predicted molar refractivity (Wildman–Crippen MR) is 113 cm³/mol. The number of rotatable bonds is 5. The van der Waals surface area contributed by atoms with Crippen molar-refractivity contribution in [3.05, 3.63) is 41.6 Å². The molecule has 2 fully saturated rings. The third-order valence-corrected chi connectivity index (χ3v) is 6.01. The molecule has 2 aliphatic rings. The monoisotopic (exact) mass is 381 g/mol. The van der Waals surface area contributed by atoms with E-state index >= 15 is 0 Å². The van der Waals surface area contributed by atoms with Gasteiger partial charge in [0.05, 0.1) is 5.69 Å². The Labute approximate surface area is 167 Å². The quantitative estimate of drug-likeness (QED) is 0.825. The molecular weight excluding hydrogens is 350 g/mol. The first-order valence-electron chi connectivity index (χ1n) is 10.5. The normalized spacial score (nSPS) is 19.0. The molecule has 0 radical (unpaired) electrons. The Hall–Kier alpha value is -2.34. The summed E-state index contributed by atoms with van der Waals surface area (Å²) >= 11 is 0. The summed E-state index contributed by atoms with van der Waals surface area (Å²) < 4.78 is 0. The van der Waals surface area contributed by atoms with Crippen LogP contribution in [0.25, 0.3) is 0 Å². The minimum Gasteiger partial charge on any atom is -0.493 e. The SMILES string of the molecule is CNc1ccc(CN2CCC(c3cc(O)nc(N4CCCCC4)n3)CC2)cc1. The van der Waals surface area contributed by atoms with Crippen molar-refractivity contribution in [2.24, 2.45) is 0 Å². The van der Waals surface area contributed by atoms with E-state index in [0.717, 1.165) is 56.9 Å². The Morgan fingerprint density at radius 1 is 1.00 bits per heavy atom. The van der Waals surface area contributed by atoms with Crippen molar-refractivity contribution in [1.82, 2.24) is 14.9 Å². The molecular formula is C22H31N5O. The first-order chi connectivity index (χ1) is 13.7. The highest BCUT2D eigenvalue weighted by Crippen LogP contribution is 2.30. The van der Waals surface area contributed by atoms with Crippen LogP contribution in [0.1, 0.15) is 49.3 Å². The maximum absolute atomic E-state index is 10.2. The van der Waals surface area contributed by atoms with Gasteiger partial charge in [-0.15, -0.1) is 0 Å².